The zero-order valence-corrected chi connectivity index (χ0v) is 14.1. The van der Waals surface area contributed by atoms with Crippen molar-refractivity contribution in [1.82, 2.24) is 4.90 Å². The summed E-state index contributed by atoms with van der Waals surface area (Å²) in [5, 5.41) is 14.4. The van der Waals surface area contributed by atoms with Crippen molar-refractivity contribution in [2.24, 2.45) is 0 Å². The van der Waals surface area contributed by atoms with Gasteiger partial charge in [-0.15, -0.1) is 0 Å². The van der Waals surface area contributed by atoms with Gasteiger partial charge < -0.3 is 10.2 Å². The number of carbonyl (C=O) groups excluding carboxylic acids is 1. The van der Waals surface area contributed by atoms with Crippen molar-refractivity contribution in [3.05, 3.63) is 81.4 Å². The lowest BCUT2D eigenvalue weighted by Gasteiger charge is -2.28. The van der Waals surface area contributed by atoms with Crippen LogP contribution in [0.25, 0.3) is 0 Å². The summed E-state index contributed by atoms with van der Waals surface area (Å²) in [6, 6.07) is 16.2. The molecule has 1 heterocycles. The second-order valence-electron chi connectivity index (χ2n) is 6.05. The molecule has 0 bridgehead atoms. The number of nitro groups is 1. The topological polar surface area (TPSA) is 75.5 Å². The molecule has 6 nitrogen and oxygen atoms in total. The van der Waals surface area contributed by atoms with Crippen molar-refractivity contribution >= 4 is 17.3 Å². The first kappa shape index (κ1) is 16.7. The van der Waals surface area contributed by atoms with E-state index in [1.54, 1.807) is 30.0 Å². The molecule has 0 radical (unpaired) electrons. The molecular weight excluding hydrogens is 318 g/mol. The number of nitrogens with one attached hydrogen (secondary N) is 1. The zero-order valence-electron chi connectivity index (χ0n) is 14.1. The number of rotatable bonds is 5. The highest BCUT2D eigenvalue weighted by molar-refractivity contribution is 5.97. The van der Waals surface area contributed by atoms with Crippen LogP contribution in [0.4, 0.5) is 11.4 Å². The summed E-state index contributed by atoms with van der Waals surface area (Å²) in [4.78, 5) is 25.2. The molecule has 1 amide bonds. The fourth-order valence-corrected chi connectivity index (χ4v) is 2.97. The van der Waals surface area contributed by atoms with E-state index in [0.29, 0.717) is 17.8 Å². The van der Waals surface area contributed by atoms with E-state index in [0.717, 1.165) is 11.1 Å². The first-order valence-electron chi connectivity index (χ1n) is 8.01. The summed E-state index contributed by atoms with van der Waals surface area (Å²) < 4.78 is 0. The van der Waals surface area contributed by atoms with Crippen molar-refractivity contribution < 1.29 is 9.72 Å². The number of hydrogen-bond donors (Lipinski definition) is 1. The lowest BCUT2D eigenvalue weighted by Crippen LogP contribution is -2.40. The van der Waals surface area contributed by atoms with E-state index in [1.807, 2.05) is 37.3 Å². The molecule has 2 aromatic rings. The zero-order chi connectivity index (χ0) is 18.0. The number of hydrogen-bond acceptors (Lipinski definition) is 4. The Morgan fingerprint density at radius 3 is 2.40 bits per heavy atom. The highest BCUT2D eigenvalue weighted by Gasteiger charge is 2.35. The fourth-order valence-electron chi connectivity index (χ4n) is 2.97. The van der Waals surface area contributed by atoms with Crippen molar-refractivity contribution in [2.75, 3.05) is 5.32 Å². The van der Waals surface area contributed by atoms with Crippen molar-refractivity contribution in [3.63, 3.8) is 0 Å². The molecule has 0 saturated carbocycles. The van der Waals surface area contributed by atoms with Crippen LogP contribution in [0.3, 0.4) is 0 Å². The summed E-state index contributed by atoms with van der Waals surface area (Å²) in [5.41, 5.74) is 2.95. The van der Waals surface area contributed by atoms with Crippen molar-refractivity contribution in [2.45, 2.75) is 26.6 Å². The number of anilines is 1. The molecule has 1 aliphatic rings. The highest BCUT2D eigenvalue weighted by Crippen LogP contribution is 2.31. The SMILES string of the molecule is CC1=C(C)C(Nc2ccccc2[N+](=O)[O-])N(Cc2ccccc2)C1=O. The molecule has 2 aromatic carbocycles. The van der Waals surface area contributed by atoms with E-state index < -0.39 is 11.1 Å². The minimum absolute atomic E-state index is 0.00744. The Kier molecular flexibility index (Phi) is 4.52. The van der Waals surface area contributed by atoms with Gasteiger partial charge in [0.25, 0.3) is 11.6 Å². The number of para-hydroxylation sites is 2. The molecule has 0 saturated heterocycles. The molecule has 0 spiro atoms. The number of amides is 1. The maximum Gasteiger partial charge on any atom is 0.292 e. The Morgan fingerprint density at radius 2 is 1.72 bits per heavy atom. The van der Waals surface area contributed by atoms with Gasteiger partial charge >= 0.3 is 0 Å². The van der Waals surface area contributed by atoms with Crippen LogP contribution in [0.2, 0.25) is 0 Å². The molecule has 6 heteroatoms. The van der Waals surface area contributed by atoms with Gasteiger partial charge in [0.2, 0.25) is 0 Å². The van der Waals surface area contributed by atoms with Gasteiger partial charge in [-0.2, -0.15) is 0 Å². The van der Waals surface area contributed by atoms with Gasteiger partial charge in [-0.25, -0.2) is 0 Å². The Balaban J connectivity index is 1.92. The molecule has 3 rings (SSSR count). The number of benzene rings is 2. The first-order valence-corrected chi connectivity index (χ1v) is 8.01. The smallest absolute Gasteiger partial charge is 0.292 e. The van der Waals surface area contributed by atoms with Crippen LogP contribution in [0, 0.1) is 10.1 Å². The molecule has 1 N–H and O–H groups in total. The summed E-state index contributed by atoms with van der Waals surface area (Å²) in [7, 11) is 0. The van der Waals surface area contributed by atoms with Crippen LogP contribution < -0.4 is 5.32 Å². The molecule has 25 heavy (non-hydrogen) atoms. The lowest BCUT2D eigenvalue weighted by molar-refractivity contribution is -0.384. The van der Waals surface area contributed by atoms with Gasteiger partial charge in [0.15, 0.2) is 0 Å². The molecule has 0 aliphatic carbocycles. The van der Waals surface area contributed by atoms with E-state index >= 15 is 0 Å². The predicted octanol–water partition coefficient (Wildman–Crippen LogP) is 3.71. The van der Waals surface area contributed by atoms with Gasteiger partial charge in [0, 0.05) is 18.2 Å². The number of nitrogens with zero attached hydrogens (tertiary/aromatic N) is 2. The van der Waals surface area contributed by atoms with E-state index in [9.17, 15) is 14.9 Å². The predicted molar refractivity (Wildman–Crippen MR) is 95.9 cm³/mol. The maximum atomic E-state index is 12.6. The van der Waals surface area contributed by atoms with Crippen LogP contribution >= 0.6 is 0 Å². The van der Waals surface area contributed by atoms with Gasteiger partial charge in [0.05, 0.1) is 4.92 Å². The molecular formula is C19H19N3O3. The molecule has 1 atom stereocenters. The second-order valence-corrected chi connectivity index (χ2v) is 6.05. The fraction of sp³-hybridized carbons (Fsp3) is 0.211. The van der Waals surface area contributed by atoms with Crippen LogP contribution in [0.1, 0.15) is 19.4 Å². The minimum Gasteiger partial charge on any atom is -0.356 e. The molecule has 0 fully saturated rings. The third-order valence-electron chi connectivity index (χ3n) is 4.48. The summed E-state index contributed by atoms with van der Waals surface area (Å²) in [6.07, 6.45) is -0.409. The monoisotopic (exact) mass is 337 g/mol. The van der Waals surface area contributed by atoms with E-state index in [1.165, 1.54) is 6.07 Å². The van der Waals surface area contributed by atoms with Crippen LogP contribution in [-0.2, 0) is 11.3 Å². The van der Waals surface area contributed by atoms with E-state index in [-0.39, 0.29) is 11.6 Å². The number of carbonyl (C=O) groups is 1. The standard InChI is InChI=1S/C19H19N3O3/c1-13-14(2)19(23)21(12-15-8-4-3-5-9-15)18(13)20-16-10-6-7-11-17(16)22(24)25/h3-11,18,20H,12H2,1-2H3. The highest BCUT2D eigenvalue weighted by atomic mass is 16.6. The average Bonchev–Trinajstić information content (AvgIpc) is 2.81. The minimum atomic E-state index is -0.424. The Hall–Kier alpha value is -3.15. The third kappa shape index (κ3) is 3.24. The summed E-state index contributed by atoms with van der Waals surface area (Å²) in [5.74, 6) is -0.0579. The Bertz CT molecular complexity index is 846. The summed E-state index contributed by atoms with van der Waals surface area (Å²) >= 11 is 0. The quantitative estimate of drug-likeness (QED) is 0.666. The second kappa shape index (κ2) is 6.76. The molecule has 1 unspecified atom stereocenters. The molecule has 1 aliphatic heterocycles. The normalized spacial score (nSPS) is 17.1. The first-order chi connectivity index (χ1) is 12.0. The maximum absolute atomic E-state index is 12.6. The average molecular weight is 337 g/mol. The van der Waals surface area contributed by atoms with Gasteiger partial charge in [-0.3, -0.25) is 14.9 Å². The van der Waals surface area contributed by atoms with Crippen molar-refractivity contribution in [3.8, 4) is 0 Å². The van der Waals surface area contributed by atoms with Crippen LogP contribution in [0.15, 0.2) is 65.7 Å². The Morgan fingerprint density at radius 1 is 1.08 bits per heavy atom. The largest absolute Gasteiger partial charge is 0.356 e. The van der Waals surface area contributed by atoms with Gasteiger partial charge in [-0.05, 0) is 31.1 Å². The third-order valence-corrected chi connectivity index (χ3v) is 4.48. The van der Waals surface area contributed by atoms with Gasteiger partial charge in [0.1, 0.15) is 11.9 Å². The van der Waals surface area contributed by atoms with Crippen LogP contribution in [-0.4, -0.2) is 21.9 Å². The Labute approximate surface area is 145 Å². The molecule has 0 aromatic heterocycles. The van der Waals surface area contributed by atoms with E-state index in [2.05, 4.69) is 5.32 Å². The lowest BCUT2D eigenvalue weighted by atomic mass is 10.1. The summed E-state index contributed by atoms with van der Waals surface area (Å²) in [6.45, 7) is 4.11. The molecule has 128 valence electrons. The number of nitro benzene ring substituents is 1. The van der Waals surface area contributed by atoms with E-state index in [4.69, 9.17) is 0 Å². The van der Waals surface area contributed by atoms with Crippen molar-refractivity contribution in [1.29, 1.82) is 0 Å². The van der Waals surface area contributed by atoms with Crippen LogP contribution in [0.5, 0.6) is 0 Å². The van der Waals surface area contributed by atoms with Gasteiger partial charge in [-0.1, -0.05) is 42.5 Å².